The predicted octanol–water partition coefficient (Wildman–Crippen LogP) is 7.93. The van der Waals surface area contributed by atoms with Crippen molar-refractivity contribution in [2.45, 2.75) is 31.3 Å². The Labute approximate surface area is 220 Å². The van der Waals surface area contributed by atoms with Gasteiger partial charge in [-0.1, -0.05) is 54.6 Å². The number of carboxylic acid groups (broad SMARTS) is 1. The molecular weight excluding hydrogens is 515 g/mol. The first-order valence-corrected chi connectivity index (χ1v) is 12.6. The lowest BCUT2D eigenvalue weighted by Gasteiger charge is -2.15. The summed E-state index contributed by atoms with van der Waals surface area (Å²) in [5.41, 5.74) is 3.00. The highest BCUT2D eigenvalue weighted by Crippen LogP contribution is 2.48. The third kappa shape index (κ3) is 5.02. The normalized spacial score (nSPS) is 14.5. The van der Waals surface area contributed by atoms with Crippen molar-refractivity contribution in [2.24, 2.45) is 0 Å². The summed E-state index contributed by atoms with van der Waals surface area (Å²) in [5.74, 6) is -2.85. The number of halogens is 3. The number of anilines is 1. The molecule has 3 aromatic carbocycles. The van der Waals surface area contributed by atoms with Gasteiger partial charge in [0.1, 0.15) is 6.10 Å². The van der Waals surface area contributed by atoms with Gasteiger partial charge >= 0.3 is 12.1 Å². The maximum atomic E-state index is 14.2. The number of ether oxygens (including phenoxy) is 1. The maximum Gasteiger partial charge on any atom is 0.412 e. The molecule has 0 aliphatic heterocycles. The van der Waals surface area contributed by atoms with Crippen LogP contribution >= 0.6 is 11.3 Å². The van der Waals surface area contributed by atoms with Crippen LogP contribution in [0.25, 0.3) is 21.6 Å². The summed E-state index contributed by atoms with van der Waals surface area (Å²) in [5, 5.41) is 11.5. The van der Waals surface area contributed by atoms with E-state index < -0.39 is 40.3 Å². The summed E-state index contributed by atoms with van der Waals surface area (Å²) in [6.07, 6.45) is -0.455. The molecule has 1 aromatic heterocycles. The van der Waals surface area contributed by atoms with Crippen LogP contribution in [0.4, 0.5) is 23.7 Å². The highest BCUT2D eigenvalue weighted by molar-refractivity contribution is 7.14. The lowest BCUT2D eigenvalue weighted by Crippen LogP contribution is -2.19. The molecule has 1 unspecified atom stereocenters. The van der Waals surface area contributed by atoms with E-state index >= 15 is 0 Å². The van der Waals surface area contributed by atoms with Crippen LogP contribution in [0.2, 0.25) is 0 Å². The second-order valence-corrected chi connectivity index (χ2v) is 10.2. The fourth-order valence-electron chi connectivity index (χ4n) is 4.35. The zero-order valence-electron chi connectivity index (χ0n) is 20.1. The Bertz CT molecular complexity index is 1510. The van der Waals surface area contributed by atoms with Gasteiger partial charge in [-0.15, -0.1) is 11.3 Å². The molecule has 0 spiro atoms. The molecule has 4 aromatic rings. The Morgan fingerprint density at radius 1 is 0.895 bits per heavy atom. The van der Waals surface area contributed by atoms with Crippen molar-refractivity contribution in [3.8, 4) is 21.6 Å². The predicted molar refractivity (Wildman–Crippen MR) is 139 cm³/mol. The first-order valence-electron chi connectivity index (χ1n) is 11.8. The van der Waals surface area contributed by atoms with Crippen LogP contribution in [0.1, 0.15) is 37.0 Å². The second kappa shape index (κ2) is 9.98. The largest absolute Gasteiger partial charge is 0.481 e. The number of hydrogen-bond acceptors (Lipinski definition) is 4. The van der Waals surface area contributed by atoms with E-state index in [2.05, 4.69) is 5.32 Å². The van der Waals surface area contributed by atoms with Crippen molar-refractivity contribution in [3.05, 3.63) is 101 Å². The van der Waals surface area contributed by atoms with Gasteiger partial charge < -0.3 is 9.84 Å². The summed E-state index contributed by atoms with van der Waals surface area (Å²) >= 11 is 0.860. The molecule has 194 valence electrons. The first-order chi connectivity index (χ1) is 18.2. The summed E-state index contributed by atoms with van der Waals surface area (Å²) in [6, 6.07) is 19.2. The lowest BCUT2D eigenvalue weighted by molar-refractivity contribution is -0.140. The molecular formula is C29H22F3NO4S. The molecule has 1 aliphatic rings. The second-order valence-electron chi connectivity index (χ2n) is 9.18. The topological polar surface area (TPSA) is 75.6 Å². The van der Waals surface area contributed by atoms with Crippen LogP contribution < -0.4 is 5.32 Å². The van der Waals surface area contributed by atoms with E-state index in [1.165, 1.54) is 19.1 Å². The van der Waals surface area contributed by atoms with Gasteiger partial charge in [-0.2, -0.15) is 4.39 Å². The van der Waals surface area contributed by atoms with E-state index in [1.807, 2.05) is 36.4 Å². The van der Waals surface area contributed by atoms with Crippen molar-refractivity contribution in [1.82, 2.24) is 0 Å². The zero-order valence-corrected chi connectivity index (χ0v) is 21.0. The first kappa shape index (κ1) is 25.5. The monoisotopic (exact) mass is 537 g/mol. The van der Waals surface area contributed by atoms with Crippen LogP contribution in [0.5, 0.6) is 0 Å². The van der Waals surface area contributed by atoms with E-state index in [1.54, 1.807) is 12.1 Å². The zero-order chi connectivity index (χ0) is 27.0. The molecule has 1 amide bonds. The van der Waals surface area contributed by atoms with Gasteiger partial charge in [0.05, 0.1) is 16.0 Å². The number of hydrogen-bond donors (Lipinski definition) is 2. The molecule has 9 heteroatoms. The third-order valence-corrected chi connectivity index (χ3v) is 7.69. The molecule has 2 N–H and O–H groups in total. The van der Waals surface area contributed by atoms with E-state index in [-0.39, 0.29) is 11.3 Å². The van der Waals surface area contributed by atoms with E-state index in [9.17, 15) is 27.9 Å². The average Bonchev–Trinajstić information content (AvgIpc) is 3.64. The standard InChI is InChI=1S/C29H22F3NO4S/c1-16(20-8-11-22(30)23(31)14-20)37-28(36)33-24-15-25(32)38-26(24)19-4-2-17(3-5-19)18-6-9-21(10-7-18)29(12-13-29)27(34)35/h2-11,14-16H,12-13H2,1H3,(H,33,36)(H,34,35). The number of rotatable bonds is 7. The molecule has 1 fully saturated rings. The average molecular weight is 538 g/mol. The Hall–Kier alpha value is -4.11. The fourth-order valence-corrected chi connectivity index (χ4v) is 5.19. The lowest BCUT2D eigenvalue weighted by atomic mass is 9.93. The molecule has 0 bridgehead atoms. The molecule has 1 aliphatic carbocycles. The van der Waals surface area contributed by atoms with Crippen molar-refractivity contribution in [1.29, 1.82) is 0 Å². The molecule has 1 saturated carbocycles. The number of carboxylic acids is 1. The molecule has 0 radical (unpaired) electrons. The number of nitrogens with one attached hydrogen (secondary N) is 1. The number of benzene rings is 3. The molecule has 1 heterocycles. The number of thiophene rings is 1. The maximum absolute atomic E-state index is 14.2. The van der Waals surface area contributed by atoms with E-state index in [4.69, 9.17) is 4.74 Å². The van der Waals surface area contributed by atoms with E-state index in [0.717, 1.165) is 40.2 Å². The highest BCUT2D eigenvalue weighted by Gasteiger charge is 2.51. The van der Waals surface area contributed by atoms with Gasteiger partial charge in [0.15, 0.2) is 16.8 Å². The van der Waals surface area contributed by atoms with Crippen molar-refractivity contribution < 1.29 is 32.6 Å². The summed E-state index contributed by atoms with van der Waals surface area (Å²) in [4.78, 5) is 24.5. The molecule has 38 heavy (non-hydrogen) atoms. The van der Waals surface area contributed by atoms with Gasteiger partial charge in [0, 0.05) is 6.07 Å². The van der Waals surface area contributed by atoms with Gasteiger partial charge in [-0.3, -0.25) is 10.1 Å². The molecule has 1 atom stereocenters. The smallest absolute Gasteiger partial charge is 0.412 e. The number of carbonyl (C=O) groups excluding carboxylic acids is 1. The number of aliphatic carboxylic acids is 1. The van der Waals surface area contributed by atoms with Crippen molar-refractivity contribution >= 4 is 29.1 Å². The SMILES string of the molecule is CC(OC(=O)Nc1cc(F)sc1-c1ccc(-c2ccc(C3(C(=O)O)CC3)cc2)cc1)c1ccc(F)c(F)c1. The minimum absolute atomic E-state index is 0.218. The van der Waals surface area contributed by atoms with Gasteiger partial charge in [0.2, 0.25) is 0 Å². The quantitative estimate of drug-likeness (QED) is 0.251. The highest BCUT2D eigenvalue weighted by atomic mass is 32.1. The minimum Gasteiger partial charge on any atom is -0.481 e. The molecule has 0 saturated heterocycles. The van der Waals surface area contributed by atoms with E-state index in [0.29, 0.717) is 23.3 Å². The van der Waals surface area contributed by atoms with Crippen LogP contribution in [0, 0.1) is 16.8 Å². The Balaban J connectivity index is 1.29. The minimum atomic E-state index is -1.05. The Kier molecular flexibility index (Phi) is 6.71. The van der Waals surface area contributed by atoms with Crippen LogP contribution in [0.3, 0.4) is 0 Å². The van der Waals surface area contributed by atoms with Gasteiger partial charge in [-0.05, 0) is 59.7 Å². The fraction of sp³-hybridized carbons (Fsp3) is 0.172. The Morgan fingerprint density at radius 2 is 1.50 bits per heavy atom. The summed E-state index contributed by atoms with van der Waals surface area (Å²) in [7, 11) is 0. The number of amides is 1. The van der Waals surface area contributed by atoms with Gasteiger partial charge in [-0.25, -0.2) is 13.6 Å². The number of carbonyl (C=O) groups is 2. The van der Waals surface area contributed by atoms with Crippen LogP contribution in [-0.2, 0) is 14.9 Å². The van der Waals surface area contributed by atoms with Gasteiger partial charge in [0.25, 0.3) is 0 Å². The van der Waals surface area contributed by atoms with Crippen LogP contribution in [-0.4, -0.2) is 17.2 Å². The van der Waals surface area contributed by atoms with Crippen LogP contribution in [0.15, 0.2) is 72.8 Å². The van der Waals surface area contributed by atoms with Crippen molar-refractivity contribution in [3.63, 3.8) is 0 Å². The summed E-state index contributed by atoms with van der Waals surface area (Å²) in [6.45, 7) is 1.51. The molecule has 5 nitrogen and oxygen atoms in total. The summed E-state index contributed by atoms with van der Waals surface area (Å²) < 4.78 is 46.1. The molecule has 5 rings (SSSR count). The third-order valence-electron chi connectivity index (χ3n) is 6.71. The Morgan fingerprint density at radius 3 is 2.08 bits per heavy atom. The van der Waals surface area contributed by atoms with Crippen molar-refractivity contribution in [2.75, 3.05) is 5.32 Å².